The molecule has 0 aliphatic rings. The Bertz CT molecular complexity index is 743. The van der Waals surface area contributed by atoms with Gasteiger partial charge in [0.25, 0.3) is 15.9 Å². The summed E-state index contributed by atoms with van der Waals surface area (Å²) in [6, 6.07) is 9.60. The molecule has 0 aliphatic heterocycles. The number of unbranched alkanes of at least 4 members (excludes halogenated alkanes) is 1. The van der Waals surface area contributed by atoms with Crippen LogP contribution in [0.1, 0.15) is 23.2 Å². The smallest absolute Gasteiger partial charge is 0.271 e. The Labute approximate surface area is 139 Å². The zero-order chi connectivity index (χ0) is 16.7. The molecule has 6 nitrogen and oxygen atoms in total. The largest absolute Gasteiger partial charge is 0.352 e. The van der Waals surface area contributed by atoms with Crippen LogP contribution in [-0.2, 0) is 10.0 Å². The summed E-state index contributed by atoms with van der Waals surface area (Å²) >= 11 is 1.14. The van der Waals surface area contributed by atoms with Crippen molar-refractivity contribution in [2.24, 2.45) is 5.73 Å². The van der Waals surface area contributed by atoms with E-state index in [1.807, 2.05) is 0 Å². The molecule has 124 valence electrons. The van der Waals surface area contributed by atoms with Gasteiger partial charge >= 0.3 is 0 Å². The van der Waals surface area contributed by atoms with Crippen LogP contribution in [0.2, 0.25) is 0 Å². The molecule has 0 radical (unpaired) electrons. The number of carbonyl (C=O) groups excluding carboxylic acids is 1. The molecule has 0 spiro atoms. The number of rotatable bonds is 8. The topological polar surface area (TPSA) is 101 Å². The van der Waals surface area contributed by atoms with Gasteiger partial charge in [-0.2, -0.15) is 0 Å². The number of thiophene rings is 1. The van der Waals surface area contributed by atoms with E-state index in [1.54, 1.807) is 29.6 Å². The third-order valence-corrected chi connectivity index (χ3v) is 5.83. The monoisotopic (exact) mass is 353 g/mol. The summed E-state index contributed by atoms with van der Waals surface area (Å²) in [6.07, 6.45) is 1.66. The first-order chi connectivity index (χ1) is 11.0. The number of nitrogens with one attached hydrogen (secondary N) is 2. The molecule has 0 saturated carbocycles. The third-order valence-electron chi connectivity index (χ3n) is 3.05. The highest BCUT2D eigenvalue weighted by atomic mass is 32.2. The number of hydrogen-bond acceptors (Lipinski definition) is 5. The zero-order valence-electron chi connectivity index (χ0n) is 12.5. The SMILES string of the molecule is NCCCCNC(=O)c1cccc(NS(=O)(=O)c2cccs2)c1. The maximum absolute atomic E-state index is 12.2. The molecule has 1 amide bonds. The van der Waals surface area contributed by atoms with Crippen molar-refractivity contribution in [1.29, 1.82) is 0 Å². The van der Waals surface area contributed by atoms with Crippen LogP contribution in [0.5, 0.6) is 0 Å². The highest BCUT2D eigenvalue weighted by molar-refractivity contribution is 7.94. The molecule has 1 aromatic carbocycles. The quantitative estimate of drug-likeness (QED) is 0.632. The molecule has 0 saturated heterocycles. The second-order valence-electron chi connectivity index (χ2n) is 4.87. The molecule has 1 heterocycles. The summed E-state index contributed by atoms with van der Waals surface area (Å²) < 4.78 is 27.1. The second-order valence-corrected chi connectivity index (χ2v) is 7.73. The van der Waals surface area contributed by atoms with E-state index < -0.39 is 10.0 Å². The summed E-state index contributed by atoms with van der Waals surface area (Å²) in [5.41, 5.74) is 6.16. The number of nitrogens with two attached hydrogens (primary N) is 1. The van der Waals surface area contributed by atoms with Gasteiger partial charge in [-0.25, -0.2) is 8.42 Å². The molecule has 0 aliphatic carbocycles. The van der Waals surface area contributed by atoms with Gasteiger partial charge in [0.2, 0.25) is 0 Å². The van der Waals surface area contributed by atoms with Gasteiger partial charge in [-0.15, -0.1) is 11.3 Å². The minimum Gasteiger partial charge on any atom is -0.352 e. The van der Waals surface area contributed by atoms with E-state index >= 15 is 0 Å². The fourth-order valence-corrected chi connectivity index (χ4v) is 3.96. The Morgan fingerprint density at radius 2 is 2.00 bits per heavy atom. The number of hydrogen-bond donors (Lipinski definition) is 3. The predicted molar refractivity (Wildman–Crippen MR) is 92.2 cm³/mol. The van der Waals surface area contributed by atoms with Crippen molar-refractivity contribution in [3.8, 4) is 0 Å². The number of amides is 1. The van der Waals surface area contributed by atoms with Gasteiger partial charge in [-0.1, -0.05) is 12.1 Å². The van der Waals surface area contributed by atoms with E-state index in [4.69, 9.17) is 5.73 Å². The van der Waals surface area contributed by atoms with E-state index in [1.165, 1.54) is 12.1 Å². The van der Waals surface area contributed by atoms with Crippen molar-refractivity contribution in [3.05, 3.63) is 47.3 Å². The van der Waals surface area contributed by atoms with E-state index in [0.717, 1.165) is 24.2 Å². The number of anilines is 1. The molecule has 8 heteroatoms. The van der Waals surface area contributed by atoms with Crippen LogP contribution in [0.25, 0.3) is 0 Å². The van der Waals surface area contributed by atoms with Crippen LogP contribution in [-0.4, -0.2) is 27.4 Å². The molecule has 2 aromatic rings. The number of sulfonamides is 1. The van der Waals surface area contributed by atoms with Crippen molar-refractivity contribution in [3.63, 3.8) is 0 Å². The molecule has 0 atom stereocenters. The fourth-order valence-electron chi connectivity index (χ4n) is 1.92. The van der Waals surface area contributed by atoms with E-state index in [2.05, 4.69) is 10.0 Å². The molecule has 0 fully saturated rings. The van der Waals surface area contributed by atoms with Crippen LogP contribution < -0.4 is 15.8 Å². The van der Waals surface area contributed by atoms with Crippen LogP contribution in [0.15, 0.2) is 46.0 Å². The Morgan fingerprint density at radius 3 is 2.70 bits per heavy atom. The van der Waals surface area contributed by atoms with Crippen molar-refractivity contribution in [2.75, 3.05) is 17.8 Å². The van der Waals surface area contributed by atoms with Crippen molar-refractivity contribution < 1.29 is 13.2 Å². The van der Waals surface area contributed by atoms with Crippen LogP contribution in [0.4, 0.5) is 5.69 Å². The van der Waals surface area contributed by atoms with E-state index in [-0.39, 0.29) is 10.1 Å². The lowest BCUT2D eigenvalue weighted by Gasteiger charge is -2.09. The Balaban J connectivity index is 2.04. The molecule has 2 rings (SSSR count). The van der Waals surface area contributed by atoms with Gasteiger partial charge < -0.3 is 11.1 Å². The lowest BCUT2D eigenvalue weighted by Crippen LogP contribution is -2.25. The normalized spacial score (nSPS) is 11.2. The predicted octanol–water partition coefficient (Wildman–Crippen LogP) is 2.02. The summed E-state index contributed by atoms with van der Waals surface area (Å²) in [5, 5.41) is 4.48. The van der Waals surface area contributed by atoms with E-state index in [0.29, 0.717) is 24.3 Å². The third kappa shape index (κ3) is 5.05. The van der Waals surface area contributed by atoms with Crippen molar-refractivity contribution >= 4 is 33.0 Å². The summed E-state index contributed by atoms with van der Waals surface area (Å²) in [7, 11) is -3.61. The summed E-state index contributed by atoms with van der Waals surface area (Å²) in [5.74, 6) is -0.237. The Morgan fingerprint density at radius 1 is 1.17 bits per heavy atom. The van der Waals surface area contributed by atoms with Gasteiger partial charge in [0, 0.05) is 17.8 Å². The van der Waals surface area contributed by atoms with Gasteiger partial charge in [0.1, 0.15) is 4.21 Å². The van der Waals surface area contributed by atoms with Crippen LogP contribution >= 0.6 is 11.3 Å². The van der Waals surface area contributed by atoms with Crippen molar-refractivity contribution in [2.45, 2.75) is 17.1 Å². The van der Waals surface area contributed by atoms with Gasteiger partial charge in [-0.3, -0.25) is 9.52 Å². The minimum absolute atomic E-state index is 0.231. The molecule has 4 N–H and O–H groups in total. The molecular weight excluding hydrogens is 334 g/mol. The average Bonchev–Trinajstić information content (AvgIpc) is 3.06. The van der Waals surface area contributed by atoms with Gasteiger partial charge in [0.05, 0.1) is 0 Å². The first-order valence-electron chi connectivity index (χ1n) is 7.17. The van der Waals surface area contributed by atoms with Gasteiger partial charge in [-0.05, 0) is 49.0 Å². The standard InChI is InChI=1S/C15H19N3O3S2/c16-8-1-2-9-17-15(19)12-5-3-6-13(11-12)18-23(20,21)14-7-4-10-22-14/h3-7,10-11,18H,1-2,8-9,16H2,(H,17,19). The molecule has 1 aromatic heterocycles. The van der Waals surface area contributed by atoms with Crippen LogP contribution in [0, 0.1) is 0 Å². The molecular formula is C15H19N3O3S2. The maximum Gasteiger partial charge on any atom is 0.271 e. The highest BCUT2D eigenvalue weighted by Gasteiger charge is 2.15. The lowest BCUT2D eigenvalue weighted by molar-refractivity contribution is 0.0953. The fraction of sp³-hybridized carbons (Fsp3) is 0.267. The first-order valence-corrected chi connectivity index (χ1v) is 9.54. The summed E-state index contributed by atoms with van der Waals surface area (Å²) in [6.45, 7) is 1.14. The zero-order valence-corrected chi connectivity index (χ0v) is 14.1. The summed E-state index contributed by atoms with van der Waals surface area (Å²) in [4.78, 5) is 12.0. The Kier molecular flexibility index (Phi) is 6.14. The van der Waals surface area contributed by atoms with Crippen molar-refractivity contribution in [1.82, 2.24) is 5.32 Å². The highest BCUT2D eigenvalue weighted by Crippen LogP contribution is 2.20. The number of benzene rings is 1. The molecule has 23 heavy (non-hydrogen) atoms. The van der Waals surface area contributed by atoms with Crippen LogP contribution in [0.3, 0.4) is 0 Å². The second kappa shape index (κ2) is 8.09. The number of carbonyl (C=O) groups is 1. The van der Waals surface area contributed by atoms with Gasteiger partial charge in [0.15, 0.2) is 0 Å². The maximum atomic E-state index is 12.2. The Hall–Kier alpha value is -1.90. The van der Waals surface area contributed by atoms with E-state index in [9.17, 15) is 13.2 Å². The lowest BCUT2D eigenvalue weighted by atomic mass is 10.2. The minimum atomic E-state index is -3.61. The molecule has 0 unspecified atom stereocenters. The average molecular weight is 353 g/mol. The first kappa shape index (κ1) is 17.5. The molecule has 0 bridgehead atoms.